The average Bonchev–Trinajstić information content (AvgIpc) is 2.96. The number of aryl methyl sites for hydroxylation is 1. The lowest BCUT2D eigenvalue weighted by Crippen LogP contribution is -1.98. The molecule has 0 saturated carbocycles. The van der Waals surface area contributed by atoms with Gasteiger partial charge in [-0.3, -0.25) is 9.67 Å². The molecule has 96 valence electrons. The van der Waals surface area contributed by atoms with E-state index in [1.54, 1.807) is 22.2 Å². The molecule has 3 aromatic heterocycles. The molecular weight excluding hydrogens is 324 g/mol. The highest BCUT2D eigenvalue weighted by molar-refractivity contribution is 9.11. The summed E-state index contributed by atoms with van der Waals surface area (Å²) in [6, 6.07) is 9.82. The van der Waals surface area contributed by atoms with E-state index in [-0.39, 0.29) is 0 Å². The zero-order valence-electron chi connectivity index (χ0n) is 10.2. The van der Waals surface area contributed by atoms with Crippen molar-refractivity contribution in [3.8, 4) is 21.8 Å². The van der Waals surface area contributed by atoms with Gasteiger partial charge in [0.15, 0.2) is 0 Å². The highest BCUT2D eigenvalue weighted by Crippen LogP contribution is 2.38. The summed E-state index contributed by atoms with van der Waals surface area (Å²) in [4.78, 5) is 5.44. The fraction of sp³-hybridized carbons (Fsp3) is 0.0769. The van der Waals surface area contributed by atoms with Crippen molar-refractivity contribution in [1.82, 2.24) is 14.8 Å². The molecule has 4 nitrogen and oxygen atoms in total. The van der Waals surface area contributed by atoms with Crippen LogP contribution in [0.1, 0.15) is 0 Å². The van der Waals surface area contributed by atoms with E-state index in [1.165, 1.54) is 0 Å². The minimum atomic E-state index is 0.623. The Labute approximate surface area is 123 Å². The molecule has 3 rings (SSSR count). The average molecular weight is 335 g/mol. The lowest BCUT2D eigenvalue weighted by atomic mass is 10.1. The Hall–Kier alpha value is -1.66. The van der Waals surface area contributed by atoms with E-state index in [0.717, 1.165) is 25.6 Å². The third-order valence-electron chi connectivity index (χ3n) is 2.82. The van der Waals surface area contributed by atoms with Crippen LogP contribution >= 0.6 is 27.3 Å². The Morgan fingerprint density at radius 3 is 2.74 bits per heavy atom. The van der Waals surface area contributed by atoms with Gasteiger partial charge >= 0.3 is 0 Å². The van der Waals surface area contributed by atoms with Crippen LogP contribution in [0.25, 0.3) is 21.8 Å². The van der Waals surface area contributed by atoms with Gasteiger partial charge in [0.1, 0.15) is 11.5 Å². The number of nitrogen functional groups attached to an aromatic ring is 1. The maximum atomic E-state index is 6.13. The molecule has 0 unspecified atom stereocenters. The SMILES string of the molecule is Cn1nc(-c2ccc(Br)s2)c(-c2ccccn2)c1N. The molecule has 3 aromatic rings. The maximum absolute atomic E-state index is 6.13. The lowest BCUT2D eigenvalue weighted by Gasteiger charge is -2.01. The van der Waals surface area contributed by atoms with Crippen LogP contribution in [0.15, 0.2) is 40.3 Å². The van der Waals surface area contributed by atoms with Gasteiger partial charge in [-0.1, -0.05) is 6.07 Å². The predicted molar refractivity (Wildman–Crippen MR) is 81.9 cm³/mol. The van der Waals surface area contributed by atoms with Gasteiger partial charge in [0, 0.05) is 13.2 Å². The van der Waals surface area contributed by atoms with Crippen LogP contribution in [-0.2, 0) is 7.05 Å². The molecule has 0 amide bonds. The summed E-state index contributed by atoms with van der Waals surface area (Å²) in [6.07, 6.45) is 1.76. The van der Waals surface area contributed by atoms with E-state index in [1.807, 2.05) is 37.4 Å². The van der Waals surface area contributed by atoms with Gasteiger partial charge < -0.3 is 5.73 Å². The Morgan fingerprint density at radius 2 is 2.11 bits per heavy atom. The first kappa shape index (κ1) is 12.4. The smallest absolute Gasteiger partial charge is 0.131 e. The van der Waals surface area contributed by atoms with Crippen LogP contribution in [0.3, 0.4) is 0 Å². The number of halogens is 1. The van der Waals surface area contributed by atoms with Crippen molar-refractivity contribution in [2.45, 2.75) is 0 Å². The molecule has 0 atom stereocenters. The molecule has 0 aliphatic carbocycles. The molecule has 6 heteroatoms. The molecule has 0 spiro atoms. The standard InChI is InChI=1S/C13H11BrN4S/c1-18-13(15)11(8-4-2-3-7-16-8)12(17-18)9-5-6-10(14)19-9/h2-7H,15H2,1H3. The Kier molecular flexibility index (Phi) is 3.12. The van der Waals surface area contributed by atoms with Crippen LogP contribution in [0.2, 0.25) is 0 Å². The van der Waals surface area contributed by atoms with E-state index in [0.29, 0.717) is 5.82 Å². The summed E-state index contributed by atoms with van der Waals surface area (Å²) in [6.45, 7) is 0. The molecule has 0 aliphatic heterocycles. The Bertz CT molecular complexity index is 718. The van der Waals surface area contributed by atoms with Crippen molar-refractivity contribution in [2.24, 2.45) is 7.05 Å². The first-order valence-corrected chi connectivity index (χ1v) is 7.27. The zero-order valence-corrected chi connectivity index (χ0v) is 12.6. The van der Waals surface area contributed by atoms with Crippen LogP contribution in [0.5, 0.6) is 0 Å². The monoisotopic (exact) mass is 334 g/mol. The number of anilines is 1. The summed E-state index contributed by atoms with van der Waals surface area (Å²) in [5.74, 6) is 0.623. The second-order valence-electron chi connectivity index (χ2n) is 4.05. The predicted octanol–water partition coefficient (Wildman–Crippen LogP) is 3.56. The Balaban J connectivity index is 2.24. The van der Waals surface area contributed by atoms with E-state index >= 15 is 0 Å². The summed E-state index contributed by atoms with van der Waals surface area (Å²) >= 11 is 5.10. The van der Waals surface area contributed by atoms with Gasteiger partial charge in [-0.2, -0.15) is 5.10 Å². The van der Waals surface area contributed by atoms with Crippen molar-refractivity contribution >= 4 is 33.1 Å². The number of rotatable bonds is 2. The number of thiophene rings is 1. The number of aromatic nitrogens is 3. The van der Waals surface area contributed by atoms with Crippen LogP contribution in [0, 0.1) is 0 Å². The summed E-state index contributed by atoms with van der Waals surface area (Å²) in [7, 11) is 1.84. The molecule has 0 saturated heterocycles. The van der Waals surface area contributed by atoms with Crippen molar-refractivity contribution in [3.05, 3.63) is 40.3 Å². The minimum Gasteiger partial charge on any atom is -0.383 e. The number of hydrogen-bond acceptors (Lipinski definition) is 4. The molecular formula is C13H11BrN4S. The molecule has 19 heavy (non-hydrogen) atoms. The molecule has 0 aliphatic rings. The van der Waals surface area contributed by atoms with Crippen LogP contribution < -0.4 is 5.73 Å². The van der Waals surface area contributed by atoms with Gasteiger partial charge in [0.05, 0.1) is 19.9 Å². The first-order chi connectivity index (χ1) is 9.16. The van der Waals surface area contributed by atoms with Gasteiger partial charge in [-0.05, 0) is 40.2 Å². The quantitative estimate of drug-likeness (QED) is 0.779. The van der Waals surface area contributed by atoms with Crippen LogP contribution in [-0.4, -0.2) is 14.8 Å². The summed E-state index contributed by atoms with van der Waals surface area (Å²) in [5, 5.41) is 4.51. The lowest BCUT2D eigenvalue weighted by molar-refractivity contribution is 0.783. The molecule has 0 bridgehead atoms. The van der Waals surface area contributed by atoms with Crippen molar-refractivity contribution in [1.29, 1.82) is 0 Å². The Morgan fingerprint density at radius 1 is 1.26 bits per heavy atom. The highest BCUT2D eigenvalue weighted by atomic mass is 79.9. The van der Waals surface area contributed by atoms with Crippen molar-refractivity contribution < 1.29 is 0 Å². The van der Waals surface area contributed by atoms with E-state index in [2.05, 4.69) is 26.0 Å². The maximum Gasteiger partial charge on any atom is 0.131 e. The molecule has 3 heterocycles. The highest BCUT2D eigenvalue weighted by Gasteiger charge is 2.19. The third kappa shape index (κ3) is 2.17. The second-order valence-corrected chi connectivity index (χ2v) is 6.51. The minimum absolute atomic E-state index is 0.623. The number of pyridine rings is 1. The third-order valence-corrected chi connectivity index (χ3v) is 4.45. The fourth-order valence-electron chi connectivity index (χ4n) is 1.91. The zero-order chi connectivity index (χ0) is 13.4. The number of nitrogens with zero attached hydrogens (tertiary/aromatic N) is 3. The summed E-state index contributed by atoms with van der Waals surface area (Å²) < 4.78 is 2.76. The van der Waals surface area contributed by atoms with Gasteiger partial charge in [0.25, 0.3) is 0 Å². The van der Waals surface area contributed by atoms with Gasteiger partial charge in [-0.25, -0.2) is 0 Å². The topological polar surface area (TPSA) is 56.7 Å². The number of nitrogens with two attached hydrogens (primary N) is 1. The first-order valence-electron chi connectivity index (χ1n) is 5.66. The molecule has 0 radical (unpaired) electrons. The largest absolute Gasteiger partial charge is 0.383 e. The fourth-order valence-corrected chi connectivity index (χ4v) is 3.29. The van der Waals surface area contributed by atoms with Crippen molar-refractivity contribution in [3.63, 3.8) is 0 Å². The molecule has 2 N–H and O–H groups in total. The normalized spacial score (nSPS) is 10.8. The molecule has 0 fully saturated rings. The van der Waals surface area contributed by atoms with Crippen LogP contribution in [0.4, 0.5) is 5.82 Å². The second kappa shape index (κ2) is 4.79. The van der Waals surface area contributed by atoms with E-state index in [4.69, 9.17) is 5.73 Å². The number of hydrogen-bond donors (Lipinski definition) is 1. The van der Waals surface area contributed by atoms with Gasteiger partial charge in [0.2, 0.25) is 0 Å². The summed E-state index contributed by atoms with van der Waals surface area (Å²) in [5.41, 5.74) is 8.73. The van der Waals surface area contributed by atoms with E-state index < -0.39 is 0 Å². The van der Waals surface area contributed by atoms with E-state index in [9.17, 15) is 0 Å². The molecule has 0 aromatic carbocycles. The van der Waals surface area contributed by atoms with Gasteiger partial charge in [-0.15, -0.1) is 11.3 Å². The van der Waals surface area contributed by atoms with Crippen molar-refractivity contribution in [2.75, 3.05) is 5.73 Å².